The van der Waals surface area contributed by atoms with Crippen LogP contribution in [0.25, 0.3) is 0 Å². The molecule has 0 saturated carbocycles. The highest BCUT2D eigenvalue weighted by Crippen LogP contribution is 2.13. The van der Waals surface area contributed by atoms with Gasteiger partial charge in [0.2, 0.25) is 11.9 Å². The van der Waals surface area contributed by atoms with Crippen LogP contribution in [0.4, 0.5) is 11.6 Å². The first-order valence-electron chi connectivity index (χ1n) is 7.63. The lowest BCUT2D eigenvalue weighted by Gasteiger charge is -2.24. The molecular formula is C17H21N5O2. The van der Waals surface area contributed by atoms with E-state index in [0.29, 0.717) is 11.5 Å². The minimum atomic E-state index is -0.224. The maximum Gasteiger partial charge on any atom is 0.256 e. The molecular weight excluding hydrogens is 306 g/mol. The summed E-state index contributed by atoms with van der Waals surface area (Å²) >= 11 is 0. The van der Waals surface area contributed by atoms with Crippen LogP contribution in [-0.2, 0) is 4.79 Å². The van der Waals surface area contributed by atoms with Crippen LogP contribution < -0.4 is 10.6 Å². The zero-order chi connectivity index (χ0) is 17.5. The van der Waals surface area contributed by atoms with E-state index in [-0.39, 0.29) is 24.3 Å². The molecule has 2 aromatic rings. The van der Waals surface area contributed by atoms with Gasteiger partial charge in [-0.15, -0.1) is 0 Å². The van der Waals surface area contributed by atoms with E-state index in [1.807, 2.05) is 37.3 Å². The van der Waals surface area contributed by atoms with Gasteiger partial charge in [-0.25, -0.2) is 9.97 Å². The minimum absolute atomic E-state index is 0.110. The Morgan fingerprint density at radius 3 is 2.38 bits per heavy atom. The second-order valence-corrected chi connectivity index (χ2v) is 5.43. The van der Waals surface area contributed by atoms with Crippen molar-refractivity contribution in [3.8, 4) is 0 Å². The van der Waals surface area contributed by atoms with Crippen molar-refractivity contribution in [2.75, 3.05) is 19.4 Å². The molecule has 2 N–H and O–H groups in total. The van der Waals surface area contributed by atoms with E-state index in [1.165, 1.54) is 17.3 Å². The molecule has 2 amide bonds. The van der Waals surface area contributed by atoms with E-state index in [0.717, 1.165) is 5.69 Å². The fourth-order valence-corrected chi connectivity index (χ4v) is 2.06. The number of amides is 2. The fourth-order valence-electron chi connectivity index (χ4n) is 2.06. The van der Waals surface area contributed by atoms with Crippen LogP contribution >= 0.6 is 0 Å². The summed E-state index contributed by atoms with van der Waals surface area (Å²) in [5, 5.41) is 5.61. The molecule has 0 aliphatic carbocycles. The van der Waals surface area contributed by atoms with Crippen LogP contribution in [0.3, 0.4) is 0 Å². The zero-order valence-corrected chi connectivity index (χ0v) is 14.0. The van der Waals surface area contributed by atoms with Crippen LogP contribution in [0.1, 0.15) is 23.7 Å². The molecule has 7 heteroatoms. The summed E-state index contributed by atoms with van der Waals surface area (Å²) in [5.41, 5.74) is 1.24. The highest BCUT2D eigenvalue weighted by atomic mass is 16.2. The standard InChI is InChI=1S/C17H21N5O2/c1-12(9-15(23)18-2)22(3)16(24)13-10-19-17(20-11-13)21-14-7-5-4-6-8-14/h4-8,10-12H,9H2,1-3H3,(H,18,23)(H,19,20,21)/t12-/m1/s1. The van der Waals surface area contributed by atoms with Crippen molar-refractivity contribution in [3.63, 3.8) is 0 Å². The second kappa shape index (κ2) is 8.05. The average molecular weight is 327 g/mol. The van der Waals surface area contributed by atoms with Gasteiger partial charge in [-0.1, -0.05) is 18.2 Å². The van der Waals surface area contributed by atoms with Crippen molar-refractivity contribution in [1.29, 1.82) is 0 Å². The molecule has 7 nitrogen and oxygen atoms in total. The number of rotatable bonds is 6. The van der Waals surface area contributed by atoms with Crippen LogP contribution in [0.2, 0.25) is 0 Å². The van der Waals surface area contributed by atoms with Crippen molar-refractivity contribution in [1.82, 2.24) is 20.2 Å². The van der Waals surface area contributed by atoms with Crippen molar-refractivity contribution < 1.29 is 9.59 Å². The lowest BCUT2D eigenvalue weighted by Crippen LogP contribution is -2.38. The van der Waals surface area contributed by atoms with Gasteiger partial charge in [0.1, 0.15) is 0 Å². The molecule has 24 heavy (non-hydrogen) atoms. The summed E-state index contributed by atoms with van der Waals surface area (Å²) in [6, 6.07) is 9.31. The third-order valence-corrected chi connectivity index (χ3v) is 3.67. The Labute approximate surface area is 141 Å². The summed E-state index contributed by atoms with van der Waals surface area (Å²) in [7, 11) is 3.23. The van der Waals surface area contributed by atoms with E-state index in [4.69, 9.17) is 0 Å². The number of nitrogens with one attached hydrogen (secondary N) is 2. The van der Waals surface area contributed by atoms with Crippen molar-refractivity contribution in [2.24, 2.45) is 0 Å². The highest BCUT2D eigenvalue weighted by molar-refractivity contribution is 5.94. The van der Waals surface area contributed by atoms with Gasteiger partial charge in [-0.3, -0.25) is 9.59 Å². The van der Waals surface area contributed by atoms with Gasteiger partial charge in [0.15, 0.2) is 0 Å². The first kappa shape index (κ1) is 17.4. The van der Waals surface area contributed by atoms with Crippen LogP contribution in [0, 0.1) is 0 Å². The van der Waals surface area contributed by atoms with E-state index < -0.39 is 0 Å². The van der Waals surface area contributed by atoms with Gasteiger partial charge in [-0.05, 0) is 19.1 Å². The number of hydrogen-bond acceptors (Lipinski definition) is 5. The molecule has 0 aliphatic heterocycles. The number of aromatic nitrogens is 2. The van der Waals surface area contributed by atoms with Crippen molar-refractivity contribution >= 4 is 23.5 Å². The normalized spacial score (nSPS) is 11.5. The van der Waals surface area contributed by atoms with Crippen LogP contribution in [0.5, 0.6) is 0 Å². The molecule has 126 valence electrons. The predicted octanol–water partition coefficient (Wildman–Crippen LogP) is 1.82. The molecule has 2 rings (SSSR count). The van der Waals surface area contributed by atoms with E-state index in [9.17, 15) is 9.59 Å². The maximum absolute atomic E-state index is 12.4. The lowest BCUT2D eigenvalue weighted by atomic mass is 10.2. The number of para-hydroxylation sites is 1. The summed E-state index contributed by atoms with van der Waals surface area (Å²) < 4.78 is 0. The summed E-state index contributed by atoms with van der Waals surface area (Å²) in [5.74, 6) is 0.0808. The first-order valence-corrected chi connectivity index (χ1v) is 7.63. The molecule has 0 bridgehead atoms. The Morgan fingerprint density at radius 2 is 1.79 bits per heavy atom. The van der Waals surface area contributed by atoms with Gasteiger partial charge in [0.25, 0.3) is 5.91 Å². The second-order valence-electron chi connectivity index (χ2n) is 5.43. The molecule has 1 aromatic carbocycles. The van der Waals surface area contributed by atoms with E-state index >= 15 is 0 Å². The molecule has 0 aliphatic rings. The van der Waals surface area contributed by atoms with Crippen LogP contribution in [-0.4, -0.2) is 46.8 Å². The van der Waals surface area contributed by atoms with E-state index in [1.54, 1.807) is 14.1 Å². The molecule has 0 radical (unpaired) electrons. The van der Waals surface area contributed by atoms with Gasteiger partial charge in [0, 0.05) is 44.6 Å². The SMILES string of the molecule is CNC(=O)C[C@@H](C)N(C)C(=O)c1cnc(Nc2ccccc2)nc1. The van der Waals surface area contributed by atoms with Gasteiger partial charge in [0.05, 0.1) is 5.56 Å². The molecule has 1 atom stereocenters. The highest BCUT2D eigenvalue weighted by Gasteiger charge is 2.20. The fraction of sp³-hybridized carbons (Fsp3) is 0.294. The molecule has 1 heterocycles. The first-order chi connectivity index (χ1) is 11.5. The molecule has 0 spiro atoms. The summed E-state index contributed by atoms with van der Waals surface area (Å²) in [6.45, 7) is 1.82. The van der Waals surface area contributed by atoms with Crippen LogP contribution in [0.15, 0.2) is 42.7 Å². The van der Waals surface area contributed by atoms with Gasteiger partial charge >= 0.3 is 0 Å². The smallest absolute Gasteiger partial charge is 0.256 e. The predicted molar refractivity (Wildman–Crippen MR) is 92.0 cm³/mol. The largest absolute Gasteiger partial charge is 0.359 e. The molecule has 0 saturated heterocycles. The number of carbonyl (C=O) groups is 2. The lowest BCUT2D eigenvalue weighted by molar-refractivity contribution is -0.121. The maximum atomic E-state index is 12.4. The third-order valence-electron chi connectivity index (χ3n) is 3.67. The Kier molecular flexibility index (Phi) is 5.83. The quantitative estimate of drug-likeness (QED) is 0.845. The number of nitrogens with zero attached hydrogens (tertiary/aromatic N) is 3. The van der Waals surface area contributed by atoms with Gasteiger partial charge < -0.3 is 15.5 Å². The Balaban J connectivity index is 2.01. The molecule has 0 fully saturated rings. The number of hydrogen-bond donors (Lipinski definition) is 2. The Hall–Kier alpha value is -2.96. The Morgan fingerprint density at radius 1 is 1.17 bits per heavy atom. The molecule has 1 aromatic heterocycles. The topological polar surface area (TPSA) is 87.2 Å². The third kappa shape index (κ3) is 4.52. The summed E-state index contributed by atoms with van der Waals surface area (Å²) in [6.07, 6.45) is 3.20. The van der Waals surface area contributed by atoms with E-state index in [2.05, 4.69) is 20.6 Å². The number of benzene rings is 1. The minimum Gasteiger partial charge on any atom is -0.359 e. The monoisotopic (exact) mass is 327 g/mol. The van der Waals surface area contributed by atoms with Crippen molar-refractivity contribution in [3.05, 3.63) is 48.3 Å². The Bertz CT molecular complexity index is 688. The average Bonchev–Trinajstić information content (AvgIpc) is 2.61. The summed E-state index contributed by atoms with van der Waals surface area (Å²) in [4.78, 5) is 33.7. The zero-order valence-electron chi connectivity index (χ0n) is 14.0. The van der Waals surface area contributed by atoms with Gasteiger partial charge in [-0.2, -0.15) is 0 Å². The number of anilines is 2. The number of carbonyl (C=O) groups excluding carboxylic acids is 2. The molecule has 0 unspecified atom stereocenters. The van der Waals surface area contributed by atoms with Crippen molar-refractivity contribution in [2.45, 2.75) is 19.4 Å².